The van der Waals surface area contributed by atoms with E-state index >= 15 is 0 Å². The summed E-state index contributed by atoms with van der Waals surface area (Å²) < 4.78 is 14.1. The topological polar surface area (TPSA) is 15.3 Å². The molecule has 1 aromatic carbocycles. The van der Waals surface area contributed by atoms with Crippen molar-refractivity contribution in [1.82, 2.24) is 5.32 Å². The predicted octanol–water partition coefficient (Wildman–Crippen LogP) is 3.56. The van der Waals surface area contributed by atoms with Crippen molar-refractivity contribution in [2.24, 2.45) is 5.41 Å². The molecule has 0 spiro atoms. The average Bonchev–Trinajstić information content (AvgIpc) is 2.36. The van der Waals surface area contributed by atoms with Crippen LogP contribution in [0.3, 0.4) is 0 Å². The van der Waals surface area contributed by atoms with Crippen LogP contribution in [0.5, 0.6) is 0 Å². The van der Waals surface area contributed by atoms with Crippen molar-refractivity contribution in [1.29, 1.82) is 0 Å². The van der Waals surface area contributed by atoms with Crippen LogP contribution in [0.4, 0.5) is 10.1 Å². The number of anilines is 1. The zero-order chi connectivity index (χ0) is 13.9. The van der Waals surface area contributed by atoms with E-state index in [1.54, 1.807) is 6.07 Å². The number of hydrogen-bond acceptors (Lipinski definition) is 2. The number of piperidine rings is 1. The molecule has 19 heavy (non-hydrogen) atoms. The van der Waals surface area contributed by atoms with Crippen LogP contribution in [0.2, 0.25) is 0 Å². The molecule has 0 atom stereocenters. The second kappa shape index (κ2) is 5.91. The van der Waals surface area contributed by atoms with E-state index in [0.29, 0.717) is 12.0 Å². The first-order valence-electron chi connectivity index (χ1n) is 7.26. The summed E-state index contributed by atoms with van der Waals surface area (Å²) in [5.41, 5.74) is 2.19. The van der Waals surface area contributed by atoms with Gasteiger partial charge in [0.1, 0.15) is 5.82 Å². The fraction of sp³-hybridized carbons (Fsp3) is 0.625. The van der Waals surface area contributed by atoms with Gasteiger partial charge in [-0.3, -0.25) is 0 Å². The fourth-order valence-corrected chi connectivity index (χ4v) is 2.90. The van der Waals surface area contributed by atoms with E-state index in [0.717, 1.165) is 30.9 Å². The van der Waals surface area contributed by atoms with Crippen LogP contribution in [0.1, 0.15) is 39.2 Å². The van der Waals surface area contributed by atoms with Crippen LogP contribution >= 0.6 is 0 Å². The zero-order valence-corrected chi connectivity index (χ0v) is 12.3. The molecule has 1 N–H and O–H groups in total. The summed E-state index contributed by atoms with van der Waals surface area (Å²) in [4.78, 5) is 2.35. The third-order valence-electron chi connectivity index (χ3n) is 3.89. The molecule has 1 aliphatic heterocycles. The van der Waals surface area contributed by atoms with Gasteiger partial charge in [0.15, 0.2) is 0 Å². The highest BCUT2D eigenvalue weighted by molar-refractivity contribution is 5.54. The van der Waals surface area contributed by atoms with Gasteiger partial charge in [-0.15, -0.1) is 0 Å². The van der Waals surface area contributed by atoms with Crippen LogP contribution < -0.4 is 10.2 Å². The number of halogens is 1. The molecular weight excluding hydrogens is 239 g/mol. The Hall–Kier alpha value is -1.09. The second-order valence-electron chi connectivity index (χ2n) is 6.21. The molecule has 1 fully saturated rings. The van der Waals surface area contributed by atoms with E-state index in [-0.39, 0.29) is 5.82 Å². The van der Waals surface area contributed by atoms with Crippen molar-refractivity contribution in [3.8, 4) is 0 Å². The van der Waals surface area contributed by atoms with Crippen molar-refractivity contribution in [2.45, 2.75) is 40.2 Å². The minimum atomic E-state index is -0.0955. The summed E-state index contributed by atoms with van der Waals surface area (Å²) in [6, 6.07) is 5.43. The lowest BCUT2D eigenvalue weighted by Crippen LogP contribution is -2.40. The summed E-state index contributed by atoms with van der Waals surface area (Å²) in [6.45, 7) is 10.1. The van der Waals surface area contributed by atoms with Crippen LogP contribution in [0, 0.1) is 11.2 Å². The van der Waals surface area contributed by atoms with Crippen LogP contribution in [-0.4, -0.2) is 19.6 Å². The van der Waals surface area contributed by atoms with E-state index in [9.17, 15) is 4.39 Å². The van der Waals surface area contributed by atoms with E-state index in [4.69, 9.17) is 0 Å². The zero-order valence-electron chi connectivity index (χ0n) is 12.3. The molecule has 0 saturated carbocycles. The van der Waals surface area contributed by atoms with Gasteiger partial charge in [-0.2, -0.15) is 0 Å². The molecule has 2 rings (SSSR count). The highest BCUT2D eigenvalue weighted by Crippen LogP contribution is 2.33. The second-order valence-corrected chi connectivity index (χ2v) is 6.21. The van der Waals surface area contributed by atoms with Gasteiger partial charge in [-0.05, 0) is 36.9 Å². The normalized spacial score (nSPS) is 18.6. The molecule has 0 unspecified atom stereocenters. The maximum Gasteiger partial charge on any atom is 0.129 e. The summed E-state index contributed by atoms with van der Waals surface area (Å²) in [6.07, 6.45) is 2.44. The summed E-state index contributed by atoms with van der Waals surface area (Å²) in [5, 5.41) is 3.24. The molecule has 0 radical (unpaired) electrons. The van der Waals surface area contributed by atoms with Crippen LogP contribution in [-0.2, 0) is 6.54 Å². The monoisotopic (exact) mass is 264 g/mol. The standard InChI is InChI=1S/C16H25FN2/c1-4-18-11-13-14(17)7-5-8-15(13)19-10-6-9-16(2,3)12-19/h5,7-8,18H,4,6,9-12H2,1-3H3. The molecule has 0 amide bonds. The molecule has 1 aliphatic rings. The maximum absolute atomic E-state index is 14.1. The van der Waals surface area contributed by atoms with Crippen molar-refractivity contribution >= 4 is 5.69 Å². The largest absolute Gasteiger partial charge is 0.371 e. The molecule has 1 heterocycles. The Balaban J connectivity index is 2.25. The molecule has 1 aromatic rings. The molecule has 0 bridgehead atoms. The van der Waals surface area contributed by atoms with E-state index in [1.807, 2.05) is 13.0 Å². The molecular formula is C16H25FN2. The molecule has 106 valence electrons. The SMILES string of the molecule is CCNCc1c(F)cccc1N1CCCC(C)(C)C1. The van der Waals surface area contributed by atoms with Gasteiger partial charge < -0.3 is 10.2 Å². The van der Waals surface area contributed by atoms with E-state index in [1.165, 1.54) is 12.8 Å². The van der Waals surface area contributed by atoms with E-state index < -0.39 is 0 Å². The van der Waals surface area contributed by atoms with Crippen molar-refractivity contribution in [2.75, 3.05) is 24.5 Å². The highest BCUT2D eigenvalue weighted by Gasteiger charge is 2.27. The quantitative estimate of drug-likeness (QED) is 0.894. The Kier molecular flexibility index (Phi) is 4.46. The Morgan fingerprint density at radius 1 is 1.37 bits per heavy atom. The lowest BCUT2D eigenvalue weighted by Gasteiger charge is -2.40. The average molecular weight is 264 g/mol. The summed E-state index contributed by atoms with van der Waals surface area (Å²) in [5.74, 6) is -0.0955. The first-order valence-corrected chi connectivity index (χ1v) is 7.26. The van der Waals surface area contributed by atoms with Gasteiger partial charge in [-0.25, -0.2) is 4.39 Å². The highest BCUT2D eigenvalue weighted by atomic mass is 19.1. The third kappa shape index (κ3) is 3.47. The fourth-order valence-electron chi connectivity index (χ4n) is 2.90. The molecule has 0 aromatic heterocycles. The lowest BCUT2D eigenvalue weighted by atomic mass is 9.84. The van der Waals surface area contributed by atoms with Crippen LogP contribution in [0.15, 0.2) is 18.2 Å². The van der Waals surface area contributed by atoms with Gasteiger partial charge in [0.25, 0.3) is 0 Å². The first kappa shape index (κ1) is 14.3. The Labute approximate surface area is 116 Å². The molecule has 1 saturated heterocycles. The number of nitrogens with zero attached hydrogens (tertiary/aromatic N) is 1. The van der Waals surface area contributed by atoms with Gasteiger partial charge in [0, 0.05) is 30.9 Å². The smallest absolute Gasteiger partial charge is 0.129 e. The first-order chi connectivity index (χ1) is 9.03. The van der Waals surface area contributed by atoms with Gasteiger partial charge in [-0.1, -0.05) is 26.8 Å². The predicted molar refractivity (Wildman–Crippen MR) is 79.0 cm³/mol. The number of rotatable bonds is 4. The Bertz CT molecular complexity index is 429. The molecule has 2 nitrogen and oxygen atoms in total. The molecule has 3 heteroatoms. The van der Waals surface area contributed by atoms with Crippen LogP contribution in [0.25, 0.3) is 0 Å². The molecule has 0 aliphatic carbocycles. The maximum atomic E-state index is 14.1. The third-order valence-corrected chi connectivity index (χ3v) is 3.89. The number of nitrogens with one attached hydrogen (secondary N) is 1. The van der Waals surface area contributed by atoms with Gasteiger partial charge in [0.05, 0.1) is 0 Å². The van der Waals surface area contributed by atoms with E-state index in [2.05, 4.69) is 30.1 Å². The van der Waals surface area contributed by atoms with Gasteiger partial charge in [0.2, 0.25) is 0 Å². The van der Waals surface area contributed by atoms with Crippen molar-refractivity contribution in [3.05, 3.63) is 29.6 Å². The summed E-state index contributed by atoms with van der Waals surface area (Å²) in [7, 11) is 0. The number of hydrogen-bond donors (Lipinski definition) is 1. The number of benzene rings is 1. The Morgan fingerprint density at radius 2 is 2.16 bits per heavy atom. The van der Waals surface area contributed by atoms with Crippen molar-refractivity contribution < 1.29 is 4.39 Å². The minimum Gasteiger partial charge on any atom is -0.371 e. The van der Waals surface area contributed by atoms with Gasteiger partial charge >= 0.3 is 0 Å². The summed E-state index contributed by atoms with van der Waals surface area (Å²) >= 11 is 0. The van der Waals surface area contributed by atoms with Crippen molar-refractivity contribution in [3.63, 3.8) is 0 Å². The lowest BCUT2D eigenvalue weighted by molar-refractivity contribution is 0.292. The Morgan fingerprint density at radius 3 is 2.84 bits per heavy atom. The minimum absolute atomic E-state index is 0.0955.